The summed E-state index contributed by atoms with van der Waals surface area (Å²) in [7, 11) is 3.08. The third-order valence-electron chi connectivity index (χ3n) is 5.16. The highest BCUT2D eigenvalue weighted by molar-refractivity contribution is 7.99. The predicted molar refractivity (Wildman–Crippen MR) is 121 cm³/mol. The van der Waals surface area contributed by atoms with Crippen molar-refractivity contribution in [2.24, 2.45) is 7.05 Å². The van der Waals surface area contributed by atoms with Gasteiger partial charge < -0.3 is 10.1 Å². The molecular formula is C20H20N4O5S2. The van der Waals surface area contributed by atoms with Gasteiger partial charge in [0.05, 0.1) is 28.9 Å². The Morgan fingerprint density at radius 2 is 2.16 bits per heavy atom. The number of amides is 1. The second kappa shape index (κ2) is 8.67. The van der Waals surface area contributed by atoms with Crippen LogP contribution >= 0.6 is 23.1 Å². The predicted octanol–water partition coefficient (Wildman–Crippen LogP) is 3.52. The van der Waals surface area contributed by atoms with Gasteiger partial charge in [-0.25, -0.2) is 4.98 Å². The zero-order chi connectivity index (χ0) is 22.1. The highest BCUT2D eigenvalue weighted by Crippen LogP contribution is 2.34. The molecule has 2 heterocycles. The van der Waals surface area contributed by atoms with E-state index in [1.165, 1.54) is 34.8 Å². The maximum Gasteiger partial charge on any atom is 0.271 e. The number of thiophene rings is 1. The number of nitro benzene ring substituents is 1. The van der Waals surface area contributed by atoms with Crippen LogP contribution in [0.2, 0.25) is 0 Å². The van der Waals surface area contributed by atoms with Gasteiger partial charge in [0.25, 0.3) is 11.2 Å². The highest BCUT2D eigenvalue weighted by atomic mass is 32.2. The molecule has 1 amide bonds. The van der Waals surface area contributed by atoms with Crippen molar-refractivity contribution in [2.75, 3.05) is 18.2 Å². The second-order valence-corrected chi connectivity index (χ2v) is 9.15. The van der Waals surface area contributed by atoms with E-state index in [-0.39, 0.29) is 28.6 Å². The van der Waals surface area contributed by atoms with Crippen LogP contribution in [0.5, 0.6) is 5.75 Å². The fourth-order valence-corrected chi connectivity index (χ4v) is 5.69. The Labute approximate surface area is 185 Å². The summed E-state index contributed by atoms with van der Waals surface area (Å²) in [6.45, 7) is 0. The zero-order valence-corrected chi connectivity index (χ0v) is 18.6. The monoisotopic (exact) mass is 460 g/mol. The molecule has 0 saturated heterocycles. The molecule has 1 aromatic carbocycles. The first-order chi connectivity index (χ1) is 14.9. The van der Waals surface area contributed by atoms with E-state index in [1.54, 1.807) is 18.4 Å². The molecule has 9 nitrogen and oxygen atoms in total. The number of aromatic nitrogens is 2. The molecule has 0 bridgehead atoms. The molecule has 2 aromatic heterocycles. The van der Waals surface area contributed by atoms with E-state index in [9.17, 15) is 19.7 Å². The summed E-state index contributed by atoms with van der Waals surface area (Å²) in [5.74, 6) is -0.0772. The third-order valence-corrected chi connectivity index (χ3v) is 7.37. The smallest absolute Gasteiger partial charge is 0.271 e. The number of anilines is 1. The third kappa shape index (κ3) is 4.15. The molecular weight excluding hydrogens is 440 g/mol. The van der Waals surface area contributed by atoms with Gasteiger partial charge in [-0.1, -0.05) is 11.8 Å². The van der Waals surface area contributed by atoms with E-state index in [0.717, 1.165) is 47.8 Å². The molecule has 0 radical (unpaired) electrons. The lowest BCUT2D eigenvalue weighted by molar-refractivity contribution is -0.384. The number of nitro groups is 1. The number of nitrogens with zero attached hydrogens (tertiary/aromatic N) is 3. The molecule has 1 N–H and O–H groups in total. The fourth-order valence-electron chi connectivity index (χ4n) is 3.62. The molecule has 162 valence electrons. The maximum atomic E-state index is 12.9. The van der Waals surface area contributed by atoms with Crippen LogP contribution in [0.4, 0.5) is 11.4 Å². The first-order valence-corrected chi connectivity index (χ1v) is 11.5. The van der Waals surface area contributed by atoms with Crippen molar-refractivity contribution in [3.63, 3.8) is 0 Å². The average molecular weight is 461 g/mol. The van der Waals surface area contributed by atoms with E-state index in [4.69, 9.17) is 4.74 Å². The summed E-state index contributed by atoms with van der Waals surface area (Å²) in [6, 6.07) is 3.98. The molecule has 4 rings (SSSR count). The van der Waals surface area contributed by atoms with Gasteiger partial charge in [0.15, 0.2) is 5.16 Å². The van der Waals surface area contributed by atoms with E-state index < -0.39 is 4.92 Å². The Morgan fingerprint density at radius 3 is 2.90 bits per heavy atom. The number of carbonyl (C=O) groups is 1. The number of ether oxygens (including phenoxy) is 1. The second-order valence-electron chi connectivity index (χ2n) is 7.13. The Morgan fingerprint density at radius 1 is 1.39 bits per heavy atom. The largest absolute Gasteiger partial charge is 0.495 e. The van der Waals surface area contributed by atoms with Crippen molar-refractivity contribution in [1.29, 1.82) is 0 Å². The number of nitrogens with one attached hydrogen (secondary N) is 1. The van der Waals surface area contributed by atoms with Crippen molar-refractivity contribution in [1.82, 2.24) is 9.55 Å². The number of carbonyl (C=O) groups excluding carboxylic acids is 1. The summed E-state index contributed by atoms with van der Waals surface area (Å²) < 4.78 is 6.65. The van der Waals surface area contributed by atoms with E-state index in [0.29, 0.717) is 16.3 Å². The molecule has 0 unspecified atom stereocenters. The molecule has 11 heteroatoms. The van der Waals surface area contributed by atoms with Gasteiger partial charge in [-0.2, -0.15) is 0 Å². The summed E-state index contributed by atoms with van der Waals surface area (Å²) in [4.78, 5) is 42.5. The van der Waals surface area contributed by atoms with E-state index in [1.807, 2.05) is 0 Å². The fraction of sp³-hybridized carbons (Fsp3) is 0.350. The van der Waals surface area contributed by atoms with Crippen LogP contribution in [0.15, 0.2) is 28.2 Å². The van der Waals surface area contributed by atoms with Gasteiger partial charge in [-0.3, -0.25) is 24.3 Å². The number of aryl methyl sites for hydroxylation is 2. The molecule has 0 fully saturated rings. The van der Waals surface area contributed by atoms with Gasteiger partial charge in [-0.05, 0) is 37.3 Å². The molecule has 1 aliphatic rings. The maximum absolute atomic E-state index is 12.9. The number of benzene rings is 1. The van der Waals surface area contributed by atoms with Crippen molar-refractivity contribution in [3.05, 3.63) is 49.1 Å². The van der Waals surface area contributed by atoms with Crippen LogP contribution in [0.1, 0.15) is 23.3 Å². The Balaban J connectivity index is 1.54. The number of hydrogen-bond acceptors (Lipinski definition) is 8. The molecule has 0 spiro atoms. The van der Waals surface area contributed by atoms with Crippen LogP contribution in [-0.2, 0) is 24.7 Å². The number of thioether (sulfide) groups is 1. The van der Waals surface area contributed by atoms with E-state index >= 15 is 0 Å². The lowest BCUT2D eigenvalue weighted by atomic mass is 9.97. The van der Waals surface area contributed by atoms with Crippen molar-refractivity contribution < 1.29 is 14.5 Å². The highest BCUT2D eigenvalue weighted by Gasteiger charge is 2.22. The summed E-state index contributed by atoms with van der Waals surface area (Å²) in [5, 5.41) is 14.8. The Hall–Kier alpha value is -2.92. The van der Waals surface area contributed by atoms with Crippen LogP contribution in [0.25, 0.3) is 10.2 Å². The zero-order valence-electron chi connectivity index (χ0n) is 17.0. The number of non-ortho nitro benzene ring substituents is 1. The summed E-state index contributed by atoms with van der Waals surface area (Å²) >= 11 is 2.71. The quantitative estimate of drug-likeness (QED) is 0.259. The number of hydrogen-bond donors (Lipinski definition) is 1. The Kier molecular flexibility index (Phi) is 5.96. The SMILES string of the molecule is COc1ccc([N+](=O)[O-])cc1NC(=O)CSc1nc2sc3c(c2c(=O)n1C)CCCC3. The minimum atomic E-state index is -0.542. The van der Waals surface area contributed by atoms with Gasteiger partial charge in [0.1, 0.15) is 10.6 Å². The van der Waals surface area contributed by atoms with Crippen LogP contribution in [0.3, 0.4) is 0 Å². The van der Waals surface area contributed by atoms with Gasteiger partial charge in [0, 0.05) is 24.1 Å². The summed E-state index contributed by atoms with van der Waals surface area (Å²) in [5.41, 5.74) is 1.10. The van der Waals surface area contributed by atoms with Crippen LogP contribution in [-0.4, -0.2) is 33.2 Å². The average Bonchev–Trinajstić information content (AvgIpc) is 3.13. The lowest BCUT2D eigenvalue weighted by Gasteiger charge is -2.11. The molecule has 31 heavy (non-hydrogen) atoms. The molecule has 3 aromatic rings. The first-order valence-electron chi connectivity index (χ1n) is 9.65. The molecule has 1 aliphatic carbocycles. The van der Waals surface area contributed by atoms with Gasteiger partial charge in [-0.15, -0.1) is 11.3 Å². The van der Waals surface area contributed by atoms with Crippen LogP contribution < -0.4 is 15.6 Å². The lowest BCUT2D eigenvalue weighted by Crippen LogP contribution is -2.22. The van der Waals surface area contributed by atoms with Crippen LogP contribution in [0, 0.1) is 10.1 Å². The van der Waals surface area contributed by atoms with Gasteiger partial charge in [0.2, 0.25) is 5.91 Å². The minimum Gasteiger partial charge on any atom is -0.495 e. The van der Waals surface area contributed by atoms with Gasteiger partial charge >= 0.3 is 0 Å². The Bertz CT molecular complexity index is 1250. The number of methoxy groups -OCH3 is 1. The topological polar surface area (TPSA) is 116 Å². The number of fused-ring (bicyclic) bond motifs is 3. The van der Waals surface area contributed by atoms with E-state index in [2.05, 4.69) is 10.3 Å². The van der Waals surface area contributed by atoms with Crippen molar-refractivity contribution >= 4 is 50.6 Å². The molecule has 0 aliphatic heterocycles. The number of rotatable bonds is 6. The normalized spacial score (nSPS) is 13.1. The summed E-state index contributed by atoms with van der Waals surface area (Å²) in [6.07, 6.45) is 4.10. The van der Waals surface area contributed by atoms with Crippen molar-refractivity contribution in [3.8, 4) is 5.75 Å². The first kappa shape index (κ1) is 21.3. The molecule has 0 atom stereocenters. The van der Waals surface area contributed by atoms with Crippen molar-refractivity contribution in [2.45, 2.75) is 30.8 Å². The minimum absolute atomic E-state index is 0.0112. The standard InChI is InChI=1S/C20H20N4O5S2/c1-23-19(26)17-12-5-3-4-6-15(12)31-18(17)22-20(23)30-10-16(25)21-13-9-11(24(27)28)7-8-14(13)29-2/h7-9H,3-6,10H2,1-2H3,(H,21,25). The molecule has 0 saturated carbocycles.